The lowest BCUT2D eigenvalue weighted by molar-refractivity contribution is -0.384. The summed E-state index contributed by atoms with van der Waals surface area (Å²) in [5.74, 6) is -0.171. The zero-order chi connectivity index (χ0) is 19.7. The normalized spacial score (nSPS) is 16.1. The van der Waals surface area contributed by atoms with Crippen LogP contribution in [0.5, 0.6) is 5.75 Å². The highest BCUT2D eigenvalue weighted by molar-refractivity contribution is 5.84. The number of fused-ring (bicyclic) bond motifs is 1. The number of aromatic hydroxyl groups is 1. The zero-order valence-corrected chi connectivity index (χ0v) is 14.9. The van der Waals surface area contributed by atoms with E-state index in [1.54, 1.807) is 36.4 Å². The van der Waals surface area contributed by atoms with Gasteiger partial charge in [0.05, 0.1) is 29.6 Å². The standard InChI is InChI=1S/C20H18N2O6/c23-19-15-6-1-2-7-16(15)28-20(24)17(19)18(21-8-10-27-11-9-21)13-4-3-5-14(12-13)22(25)26/h1-7,12,18,23H,8-11H2. The first kappa shape index (κ1) is 18.1. The second-order valence-electron chi connectivity index (χ2n) is 6.55. The van der Waals surface area contributed by atoms with E-state index in [4.69, 9.17) is 9.15 Å². The Morgan fingerprint density at radius 3 is 2.61 bits per heavy atom. The summed E-state index contributed by atoms with van der Waals surface area (Å²) in [5, 5.41) is 22.6. The molecule has 1 aliphatic rings. The van der Waals surface area contributed by atoms with E-state index in [0.717, 1.165) is 0 Å². The molecule has 0 amide bonds. The molecule has 1 fully saturated rings. The van der Waals surface area contributed by atoms with Crippen molar-refractivity contribution in [1.29, 1.82) is 0 Å². The molecule has 1 aliphatic heterocycles. The van der Waals surface area contributed by atoms with Crippen molar-refractivity contribution in [1.82, 2.24) is 4.90 Å². The molecule has 8 nitrogen and oxygen atoms in total. The minimum absolute atomic E-state index is 0.0705. The van der Waals surface area contributed by atoms with Gasteiger partial charge in [-0.1, -0.05) is 24.3 Å². The molecule has 1 atom stereocenters. The van der Waals surface area contributed by atoms with Gasteiger partial charge in [-0.2, -0.15) is 0 Å². The van der Waals surface area contributed by atoms with E-state index < -0.39 is 16.6 Å². The van der Waals surface area contributed by atoms with Crippen molar-refractivity contribution in [3.05, 3.63) is 80.2 Å². The molecule has 4 rings (SSSR count). The zero-order valence-electron chi connectivity index (χ0n) is 14.9. The van der Waals surface area contributed by atoms with E-state index in [1.165, 1.54) is 12.1 Å². The second-order valence-corrected chi connectivity index (χ2v) is 6.55. The fourth-order valence-electron chi connectivity index (χ4n) is 3.59. The number of nitro benzene ring substituents is 1. The maximum atomic E-state index is 12.8. The van der Waals surface area contributed by atoms with Gasteiger partial charge in [0.2, 0.25) is 0 Å². The molecule has 0 radical (unpaired) electrons. The molecule has 1 N–H and O–H groups in total. The van der Waals surface area contributed by atoms with Gasteiger partial charge in [0.15, 0.2) is 0 Å². The van der Waals surface area contributed by atoms with E-state index >= 15 is 0 Å². The van der Waals surface area contributed by atoms with Crippen LogP contribution < -0.4 is 5.63 Å². The maximum Gasteiger partial charge on any atom is 0.345 e. The summed E-state index contributed by atoms with van der Waals surface area (Å²) in [7, 11) is 0. The monoisotopic (exact) mass is 382 g/mol. The average Bonchev–Trinajstić information content (AvgIpc) is 2.72. The van der Waals surface area contributed by atoms with E-state index in [9.17, 15) is 20.0 Å². The molecule has 1 aromatic heterocycles. The third-order valence-corrected chi connectivity index (χ3v) is 4.90. The van der Waals surface area contributed by atoms with Gasteiger partial charge in [0.25, 0.3) is 5.69 Å². The molecule has 8 heteroatoms. The molecule has 2 heterocycles. The number of benzene rings is 2. The Bertz CT molecular complexity index is 1090. The van der Waals surface area contributed by atoms with Crippen LogP contribution in [0.2, 0.25) is 0 Å². The number of ether oxygens (including phenoxy) is 1. The van der Waals surface area contributed by atoms with Crippen LogP contribution in [0.3, 0.4) is 0 Å². The molecule has 0 saturated carbocycles. The third kappa shape index (κ3) is 3.23. The topological polar surface area (TPSA) is 106 Å². The number of hydrogen-bond donors (Lipinski definition) is 1. The maximum absolute atomic E-state index is 12.8. The molecular formula is C20H18N2O6. The van der Waals surface area contributed by atoms with Crippen molar-refractivity contribution in [2.75, 3.05) is 26.3 Å². The van der Waals surface area contributed by atoms with Gasteiger partial charge >= 0.3 is 5.63 Å². The van der Waals surface area contributed by atoms with Crippen LogP contribution in [0, 0.1) is 10.1 Å². The highest BCUT2D eigenvalue weighted by Crippen LogP contribution is 2.37. The van der Waals surface area contributed by atoms with Gasteiger partial charge in [-0.3, -0.25) is 15.0 Å². The lowest BCUT2D eigenvalue weighted by Crippen LogP contribution is -2.41. The Morgan fingerprint density at radius 2 is 1.86 bits per heavy atom. The Labute approximate surface area is 159 Å². The van der Waals surface area contributed by atoms with Crippen molar-refractivity contribution >= 4 is 16.7 Å². The Morgan fingerprint density at radius 1 is 1.11 bits per heavy atom. The van der Waals surface area contributed by atoms with Gasteiger partial charge < -0.3 is 14.3 Å². The number of nitrogens with zero attached hydrogens (tertiary/aromatic N) is 2. The number of non-ortho nitro benzene ring substituents is 1. The smallest absolute Gasteiger partial charge is 0.345 e. The number of morpholine rings is 1. The summed E-state index contributed by atoms with van der Waals surface area (Å²) < 4.78 is 10.8. The quantitative estimate of drug-likeness (QED) is 0.420. The number of hydrogen-bond acceptors (Lipinski definition) is 7. The van der Waals surface area contributed by atoms with Crippen molar-refractivity contribution in [2.45, 2.75) is 6.04 Å². The molecule has 3 aromatic rings. The number of para-hydroxylation sites is 1. The predicted molar refractivity (Wildman–Crippen MR) is 101 cm³/mol. The van der Waals surface area contributed by atoms with E-state index in [2.05, 4.69) is 0 Å². The van der Waals surface area contributed by atoms with Crippen LogP contribution in [0.1, 0.15) is 17.2 Å². The fourth-order valence-corrected chi connectivity index (χ4v) is 3.59. The highest BCUT2D eigenvalue weighted by Gasteiger charge is 2.31. The Balaban J connectivity index is 1.94. The lowest BCUT2D eigenvalue weighted by atomic mass is 9.95. The average molecular weight is 382 g/mol. The largest absolute Gasteiger partial charge is 0.507 e. The van der Waals surface area contributed by atoms with Gasteiger partial charge in [-0.25, -0.2) is 4.79 Å². The molecule has 1 saturated heterocycles. The molecule has 144 valence electrons. The summed E-state index contributed by atoms with van der Waals surface area (Å²) in [6.45, 7) is 1.95. The van der Waals surface area contributed by atoms with Crippen LogP contribution in [0.25, 0.3) is 11.0 Å². The first-order chi connectivity index (χ1) is 13.6. The predicted octanol–water partition coefficient (Wildman–Crippen LogP) is 2.83. The summed E-state index contributed by atoms with van der Waals surface area (Å²) >= 11 is 0. The summed E-state index contributed by atoms with van der Waals surface area (Å²) in [6, 6.07) is 12.1. The van der Waals surface area contributed by atoms with Crippen molar-refractivity contribution < 1.29 is 19.2 Å². The van der Waals surface area contributed by atoms with E-state index in [-0.39, 0.29) is 22.6 Å². The lowest BCUT2D eigenvalue weighted by Gasteiger charge is -2.34. The van der Waals surface area contributed by atoms with Crippen LogP contribution >= 0.6 is 0 Å². The van der Waals surface area contributed by atoms with Gasteiger partial charge in [-0.15, -0.1) is 0 Å². The van der Waals surface area contributed by atoms with Crippen molar-refractivity contribution in [3.63, 3.8) is 0 Å². The summed E-state index contributed by atoms with van der Waals surface area (Å²) in [4.78, 5) is 25.5. The molecule has 2 aromatic carbocycles. The molecule has 1 unspecified atom stereocenters. The Hall–Kier alpha value is -3.23. The number of rotatable bonds is 4. The molecule has 0 bridgehead atoms. The third-order valence-electron chi connectivity index (χ3n) is 4.90. The molecule has 0 spiro atoms. The van der Waals surface area contributed by atoms with Crippen molar-refractivity contribution in [3.8, 4) is 5.75 Å². The summed E-state index contributed by atoms with van der Waals surface area (Å²) in [6.07, 6.45) is 0. The van der Waals surface area contributed by atoms with Crippen LogP contribution in [-0.4, -0.2) is 41.2 Å². The van der Waals surface area contributed by atoms with E-state index in [0.29, 0.717) is 37.3 Å². The minimum Gasteiger partial charge on any atom is -0.507 e. The first-order valence-electron chi connectivity index (χ1n) is 8.87. The Kier molecular flexibility index (Phi) is 4.81. The minimum atomic E-state index is -0.690. The highest BCUT2D eigenvalue weighted by atomic mass is 16.6. The van der Waals surface area contributed by atoms with Gasteiger partial charge in [0, 0.05) is 25.2 Å². The van der Waals surface area contributed by atoms with E-state index in [1.807, 2.05) is 4.90 Å². The van der Waals surface area contributed by atoms with Gasteiger partial charge in [-0.05, 0) is 17.7 Å². The van der Waals surface area contributed by atoms with Crippen LogP contribution in [0.4, 0.5) is 5.69 Å². The van der Waals surface area contributed by atoms with Gasteiger partial charge in [0.1, 0.15) is 16.9 Å². The second kappa shape index (κ2) is 7.41. The molecule has 0 aliphatic carbocycles. The first-order valence-corrected chi connectivity index (χ1v) is 8.87. The fraction of sp³-hybridized carbons (Fsp3) is 0.250. The SMILES string of the molecule is O=c1oc2ccccc2c(O)c1C(c1cccc([N+](=O)[O-])c1)N1CCOCC1. The molecule has 28 heavy (non-hydrogen) atoms. The van der Waals surface area contributed by atoms with Crippen LogP contribution in [-0.2, 0) is 4.74 Å². The van der Waals surface area contributed by atoms with Crippen molar-refractivity contribution in [2.24, 2.45) is 0 Å². The van der Waals surface area contributed by atoms with Crippen LogP contribution in [0.15, 0.2) is 57.7 Å². The molecular weight excluding hydrogens is 364 g/mol. The number of nitro groups is 1. The summed E-state index contributed by atoms with van der Waals surface area (Å²) in [5.41, 5.74) is 0.142.